The van der Waals surface area contributed by atoms with Gasteiger partial charge in [0.2, 0.25) is 10.0 Å². The third kappa shape index (κ3) is 3.66. The van der Waals surface area contributed by atoms with Crippen molar-refractivity contribution in [2.24, 2.45) is 0 Å². The minimum atomic E-state index is -3.91. The molecule has 8 nitrogen and oxygen atoms in total. The van der Waals surface area contributed by atoms with Gasteiger partial charge in [-0.1, -0.05) is 12.1 Å². The summed E-state index contributed by atoms with van der Waals surface area (Å²) in [6, 6.07) is 11.1. The smallest absolute Gasteiger partial charge is 0.270 e. The van der Waals surface area contributed by atoms with Gasteiger partial charge in [0.1, 0.15) is 5.82 Å². The molecule has 0 aliphatic carbocycles. The summed E-state index contributed by atoms with van der Waals surface area (Å²) in [5.74, 6) is -0.668. The Morgan fingerprint density at radius 1 is 1.07 bits per heavy atom. The summed E-state index contributed by atoms with van der Waals surface area (Å²) >= 11 is 1.19. The number of halogens is 1. The van der Waals surface area contributed by atoms with Crippen molar-refractivity contribution in [2.45, 2.75) is 4.90 Å². The van der Waals surface area contributed by atoms with Gasteiger partial charge in [0.05, 0.1) is 14.7 Å². The number of fused-ring (bicyclic) bond motifs is 1. The number of hydrogen-bond donors (Lipinski definition) is 0. The third-order valence-electron chi connectivity index (χ3n) is 4.91. The highest BCUT2D eigenvalue weighted by Crippen LogP contribution is 2.29. The lowest BCUT2D eigenvalue weighted by atomic mass is 10.2. The Bertz CT molecular complexity index is 1250. The largest absolute Gasteiger partial charge is 0.335 e. The third-order valence-corrected chi connectivity index (χ3v) is 7.89. The summed E-state index contributed by atoms with van der Waals surface area (Å²) in [6.07, 6.45) is 0. The Labute approximate surface area is 175 Å². The van der Waals surface area contributed by atoms with E-state index < -0.39 is 20.8 Å². The first kappa shape index (κ1) is 20.4. The first-order valence-electron chi connectivity index (χ1n) is 8.99. The summed E-state index contributed by atoms with van der Waals surface area (Å²) in [4.78, 5) is 24.8. The molecule has 1 fully saturated rings. The fraction of sp³-hybridized carbons (Fsp3) is 0.211. The number of non-ortho nitro benzene ring substituents is 1. The molecule has 1 saturated heterocycles. The van der Waals surface area contributed by atoms with Crippen LogP contribution in [-0.4, -0.2) is 54.6 Å². The van der Waals surface area contributed by atoms with Gasteiger partial charge in [0, 0.05) is 48.4 Å². The molecular weight excluding hydrogens is 433 g/mol. The maximum absolute atomic E-state index is 13.9. The monoisotopic (exact) mass is 449 g/mol. The van der Waals surface area contributed by atoms with Gasteiger partial charge in [0.25, 0.3) is 11.6 Å². The van der Waals surface area contributed by atoms with Crippen LogP contribution >= 0.6 is 11.3 Å². The van der Waals surface area contributed by atoms with Crippen LogP contribution in [0.2, 0.25) is 0 Å². The van der Waals surface area contributed by atoms with Crippen molar-refractivity contribution in [2.75, 3.05) is 26.2 Å². The number of nitrogens with zero attached hydrogens (tertiary/aromatic N) is 3. The predicted molar refractivity (Wildman–Crippen MR) is 110 cm³/mol. The van der Waals surface area contributed by atoms with Crippen molar-refractivity contribution in [1.82, 2.24) is 9.21 Å². The number of carbonyl (C=O) groups excluding carboxylic acids is 1. The topological polar surface area (TPSA) is 101 Å². The molecule has 1 amide bonds. The zero-order valence-electron chi connectivity index (χ0n) is 15.5. The molecule has 2 heterocycles. The van der Waals surface area contributed by atoms with E-state index in [1.54, 1.807) is 12.1 Å². The lowest BCUT2D eigenvalue weighted by Crippen LogP contribution is -2.50. The van der Waals surface area contributed by atoms with Crippen molar-refractivity contribution in [1.29, 1.82) is 0 Å². The van der Waals surface area contributed by atoms with Crippen LogP contribution in [0.5, 0.6) is 0 Å². The molecule has 2 aromatic carbocycles. The number of thiophene rings is 1. The quantitative estimate of drug-likeness (QED) is 0.450. The summed E-state index contributed by atoms with van der Waals surface area (Å²) in [5, 5.41) is 11.3. The van der Waals surface area contributed by atoms with Crippen molar-refractivity contribution in [3.05, 3.63) is 69.3 Å². The SMILES string of the molecule is O=C(c1cc2c(F)cccc2s1)N1CCN(S(=O)(=O)c2cccc([N+](=O)[O-])c2)CC1. The molecule has 1 aromatic heterocycles. The Hall–Kier alpha value is -2.89. The average molecular weight is 449 g/mol. The van der Waals surface area contributed by atoms with Gasteiger partial charge < -0.3 is 4.90 Å². The molecule has 0 N–H and O–H groups in total. The number of sulfonamides is 1. The van der Waals surface area contributed by atoms with E-state index in [0.29, 0.717) is 15.0 Å². The van der Waals surface area contributed by atoms with Crippen LogP contribution in [0.4, 0.5) is 10.1 Å². The lowest BCUT2D eigenvalue weighted by Gasteiger charge is -2.33. The molecule has 0 radical (unpaired) electrons. The van der Waals surface area contributed by atoms with E-state index >= 15 is 0 Å². The minimum Gasteiger partial charge on any atom is -0.335 e. The van der Waals surface area contributed by atoms with Crippen LogP contribution < -0.4 is 0 Å². The van der Waals surface area contributed by atoms with E-state index in [-0.39, 0.29) is 42.7 Å². The Morgan fingerprint density at radius 2 is 1.77 bits per heavy atom. The normalized spacial score (nSPS) is 15.4. The van der Waals surface area contributed by atoms with Crippen LogP contribution in [0.15, 0.2) is 53.4 Å². The second-order valence-electron chi connectivity index (χ2n) is 6.71. The van der Waals surface area contributed by atoms with E-state index in [9.17, 15) is 27.7 Å². The Morgan fingerprint density at radius 3 is 2.43 bits per heavy atom. The van der Waals surface area contributed by atoms with Crippen molar-refractivity contribution < 1.29 is 22.5 Å². The second kappa shape index (κ2) is 7.74. The summed E-state index contributed by atoms with van der Waals surface area (Å²) in [7, 11) is -3.91. The molecule has 0 saturated carbocycles. The molecule has 3 aromatic rings. The number of hydrogen-bond acceptors (Lipinski definition) is 6. The van der Waals surface area contributed by atoms with Gasteiger partial charge in [-0.05, 0) is 24.3 Å². The number of rotatable bonds is 4. The number of nitro groups is 1. The molecule has 1 aliphatic heterocycles. The number of carbonyl (C=O) groups is 1. The number of nitro benzene ring substituents is 1. The number of piperazine rings is 1. The van der Waals surface area contributed by atoms with Crippen molar-refractivity contribution >= 4 is 43.0 Å². The zero-order chi connectivity index (χ0) is 21.5. The average Bonchev–Trinajstić information content (AvgIpc) is 3.19. The van der Waals surface area contributed by atoms with Gasteiger partial charge in [-0.2, -0.15) is 4.31 Å². The van der Waals surface area contributed by atoms with Crippen LogP contribution in [-0.2, 0) is 10.0 Å². The maximum Gasteiger partial charge on any atom is 0.270 e. The fourth-order valence-corrected chi connectivity index (χ4v) is 5.83. The molecule has 30 heavy (non-hydrogen) atoms. The Kier molecular flexibility index (Phi) is 5.26. The van der Waals surface area contributed by atoms with Crippen LogP contribution in [0.1, 0.15) is 9.67 Å². The summed E-state index contributed by atoms with van der Waals surface area (Å²) in [5.41, 5.74) is -0.304. The van der Waals surface area contributed by atoms with Crippen molar-refractivity contribution in [3.63, 3.8) is 0 Å². The van der Waals surface area contributed by atoms with E-state index in [1.165, 1.54) is 50.9 Å². The molecule has 156 valence electrons. The van der Waals surface area contributed by atoms with E-state index in [4.69, 9.17) is 0 Å². The van der Waals surface area contributed by atoms with Crippen LogP contribution in [0.3, 0.4) is 0 Å². The number of benzene rings is 2. The molecule has 4 rings (SSSR count). The van der Waals surface area contributed by atoms with Gasteiger partial charge in [-0.15, -0.1) is 11.3 Å². The molecule has 0 unspecified atom stereocenters. The van der Waals surface area contributed by atoms with Gasteiger partial charge in [-0.3, -0.25) is 14.9 Å². The highest BCUT2D eigenvalue weighted by atomic mass is 32.2. The highest BCUT2D eigenvalue weighted by molar-refractivity contribution is 7.89. The minimum absolute atomic E-state index is 0.0655. The lowest BCUT2D eigenvalue weighted by molar-refractivity contribution is -0.385. The van der Waals surface area contributed by atoms with Gasteiger partial charge in [0.15, 0.2) is 0 Å². The second-order valence-corrected chi connectivity index (χ2v) is 9.73. The first-order valence-corrected chi connectivity index (χ1v) is 11.2. The molecule has 0 bridgehead atoms. The fourth-order valence-electron chi connectivity index (χ4n) is 3.32. The van der Waals surface area contributed by atoms with Crippen LogP contribution in [0.25, 0.3) is 10.1 Å². The number of amides is 1. The molecule has 0 spiro atoms. The van der Waals surface area contributed by atoms with E-state index in [2.05, 4.69) is 0 Å². The maximum atomic E-state index is 13.9. The predicted octanol–water partition coefficient (Wildman–Crippen LogP) is 3.10. The molecule has 11 heteroatoms. The standard InChI is InChI=1S/C19H16FN3O5S2/c20-16-5-2-6-17-15(16)12-18(29-17)19(24)21-7-9-22(10-8-21)30(27,28)14-4-1-3-13(11-14)23(25)26/h1-6,11-12H,7-10H2. The Balaban J connectivity index is 1.49. The molecular formula is C19H16FN3O5S2. The van der Waals surface area contributed by atoms with Crippen LogP contribution in [0, 0.1) is 15.9 Å². The zero-order valence-corrected chi connectivity index (χ0v) is 17.2. The van der Waals surface area contributed by atoms with Gasteiger partial charge >= 0.3 is 0 Å². The highest BCUT2D eigenvalue weighted by Gasteiger charge is 2.31. The summed E-state index contributed by atoms with van der Waals surface area (Å²) in [6.45, 7) is 0.472. The van der Waals surface area contributed by atoms with Gasteiger partial charge in [-0.25, -0.2) is 12.8 Å². The van der Waals surface area contributed by atoms with E-state index in [0.717, 1.165) is 6.07 Å². The van der Waals surface area contributed by atoms with Crippen molar-refractivity contribution in [3.8, 4) is 0 Å². The molecule has 0 atom stereocenters. The summed E-state index contributed by atoms with van der Waals surface area (Å²) < 4.78 is 41.4. The van der Waals surface area contributed by atoms with E-state index in [1.807, 2.05) is 0 Å². The first-order chi connectivity index (χ1) is 14.3. The molecule has 1 aliphatic rings.